The van der Waals surface area contributed by atoms with E-state index < -0.39 is 0 Å². The lowest BCUT2D eigenvalue weighted by Crippen LogP contribution is -2.54. The molecule has 0 unspecified atom stereocenters. The Morgan fingerprint density at radius 1 is 1.17 bits per heavy atom. The van der Waals surface area contributed by atoms with Crippen LogP contribution < -0.4 is 10.1 Å². The zero-order valence-corrected chi connectivity index (χ0v) is 20.4. The Morgan fingerprint density at radius 3 is 2.77 bits per heavy atom. The van der Waals surface area contributed by atoms with Gasteiger partial charge >= 0.3 is 0 Å². The minimum absolute atomic E-state index is 0.0791. The SMILES string of the molecule is CN1C(=O)c2cc(NC(=O)c3cccs3)ccc2OC[C@H]2O[C@H](CC(=O)N3CCOCC3)CC[C@@H]21. The molecule has 3 aliphatic rings. The molecule has 1 aromatic carbocycles. The molecule has 3 amide bonds. The van der Waals surface area contributed by atoms with Gasteiger partial charge in [-0.3, -0.25) is 14.4 Å². The number of nitrogens with one attached hydrogen (secondary N) is 1. The minimum Gasteiger partial charge on any atom is -0.490 e. The van der Waals surface area contributed by atoms with Crippen molar-refractivity contribution in [2.24, 2.45) is 0 Å². The van der Waals surface area contributed by atoms with Crippen LogP contribution >= 0.6 is 11.3 Å². The quantitative estimate of drug-likeness (QED) is 0.695. The largest absolute Gasteiger partial charge is 0.490 e. The van der Waals surface area contributed by atoms with Gasteiger partial charge in [0.25, 0.3) is 11.8 Å². The highest BCUT2D eigenvalue weighted by Gasteiger charge is 2.39. The summed E-state index contributed by atoms with van der Waals surface area (Å²) in [6.45, 7) is 2.65. The van der Waals surface area contributed by atoms with E-state index in [0.717, 1.165) is 6.42 Å². The summed E-state index contributed by atoms with van der Waals surface area (Å²) in [6.07, 6.45) is 1.21. The van der Waals surface area contributed by atoms with Gasteiger partial charge in [0.1, 0.15) is 18.5 Å². The number of hydrogen-bond acceptors (Lipinski definition) is 7. The number of rotatable bonds is 4. The van der Waals surface area contributed by atoms with E-state index in [1.54, 1.807) is 36.2 Å². The first-order chi connectivity index (χ1) is 17.0. The van der Waals surface area contributed by atoms with E-state index in [-0.39, 0.29) is 42.6 Å². The van der Waals surface area contributed by atoms with Gasteiger partial charge in [-0.15, -0.1) is 11.3 Å². The lowest BCUT2D eigenvalue weighted by Gasteiger charge is -2.42. The second-order valence-electron chi connectivity index (χ2n) is 9.01. The van der Waals surface area contributed by atoms with Crippen molar-refractivity contribution in [3.05, 3.63) is 46.2 Å². The number of hydrogen-bond donors (Lipinski definition) is 1. The molecule has 2 saturated heterocycles. The van der Waals surface area contributed by atoms with E-state index in [9.17, 15) is 14.4 Å². The Kier molecular flexibility index (Phi) is 7.03. The number of carbonyl (C=O) groups is 3. The molecular formula is C25H29N3O6S. The number of anilines is 1. The first-order valence-corrected chi connectivity index (χ1v) is 12.8. The summed E-state index contributed by atoms with van der Waals surface area (Å²) in [6, 6.07) is 8.50. The fraction of sp³-hybridized carbons (Fsp3) is 0.480. The highest BCUT2D eigenvalue weighted by atomic mass is 32.1. The molecule has 3 aliphatic heterocycles. The molecule has 9 nitrogen and oxygen atoms in total. The van der Waals surface area contributed by atoms with Gasteiger partial charge in [-0.1, -0.05) is 6.07 Å². The number of thiophene rings is 1. The van der Waals surface area contributed by atoms with Gasteiger partial charge in [0.15, 0.2) is 0 Å². The number of fused-ring (bicyclic) bond motifs is 2. The molecule has 0 radical (unpaired) electrons. The van der Waals surface area contributed by atoms with E-state index >= 15 is 0 Å². The number of morpholine rings is 1. The molecule has 10 heteroatoms. The van der Waals surface area contributed by atoms with Crippen molar-refractivity contribution in [3.8, 4) is 5.75 Å². The minimum atomic E-state index is -0.327. The molecule has 4 heterocycles. The second-order valence-corrected chi connectivity index (χ2v) is 9.96. The summed E-state index contributed by atoms with van der Waals surface area (Å²) in [5.41, 5.74) is 0.936. The number of ether oxygens (including phenoxy) is 3. The third kappa shape index (κ3) is 5.19. The van der Waals surface area contributed by atoms with Crippen LogP contribution in [0.1, 0.15) is 39.3 Å². The van der Waals surface area contributed by atoms with E-state index in [1.165, 1.54) is 11.3 Å². The highest BCUT2D eigenvalue weighted by molar-refractivity contribution is 7.12. The fourth-order valence-corrected chi connectivity index (χ4v) is 5.46. The lowest BCUT2D eigenvalue weighted by molar-refractivity contribution is -0.146. The molecule has 2 fully saturated rings. The topological polar surface area (TPSA) is 97.4 Å². The highest BCUT2D eigenvalue weighted by Crippen LogP contribution is 2.33. The normalized spacial score (nSPS) is 24.5. The van der Waals surface area contributed by atoms with Crippen LogP contribution in [0.3, 0.4) is 0 Å². The van der Waals surface area contributed by atoms with Crippen LogP contribution in [-0.2, 0) is 14.3 Å². The summed E-state index contributed by atoms with van der Waals surface area (Å²) < 4.78 is 17.6. The van der Waals surface area contributed by atoms with Crippen molar-refractivity contribution in [2.75, 3.05) is 45.3 Å². The van der Waals surface area contributed by atoms with Crippen molar-refractivity contribution in [1.82, 2.24) is 9.80 Å². The molecule has 35 heavy (non-hydrogen) atoms. The summed E-state index contributed by atoms with van der Waals surface area (Å²) in [4.78, 5) is 42.6. The summed E-state index contributed by atoms with van der Waals surface area (Å²) in [5.74, 6) is 0.124. The number of likely N-dealkylation sites (N-methyl/N-ethyl adjacent to an activating group) is 1. The first-order valence-electron chi connectivity index (χ1n) is 11.9. The van der Waals surface area contributed by atoms with Crippen LogP contribution in [0.5, 0.6) is 5.75 Å². The average molecular weight is 500 g/mol. The van der Waals surface area contributed by atoms with Crippen LogP contribution in [0, 0.1) is 0 Å². The molecule has 0 saturated carbocycles. The van der Waals surface area contributed by atoms with Gasteiger partial charge < -0.3 is 29.3 Å². The van der Waals surface area contributed by atoms with Gasteiger partial charge in [-0.05, 0) is 42.5 Å². The maximum Gasteiger partial charge on any atom is 0.265 e. The smallest absolute Gasteiger partial charge is 0.265 e. The zero-order valence-electron chi connectivity index (χ0n) is 19.6. The Morgan fingerprint density at radius 2 is 2.00 bits per heavy atom. The van der Waals surface area contributed by atoms with Gasteiger partial charge in [0, 0.05) is 25.8 Å². The predicted molar refractivity (Wildman–Crippen MR) is 130 cm³/mol. The van der Waals surface area contributed by atoms with Gasteiger partial charge in [0.2, 0.25) is 5.91 Å². The van der Waals surface area contributed by atoms with E-state index in [0.29, 0.717) is 61.0 Å². The van der Waals surface area contributed by atoms with Crippen molar-refractivity contribution < 1.29 is 28.6 Å². The van der Waals surface area contributed by atoms with Gasteiger partial charge in [0.05, 0.1) is 42.2 Å². The Bertz CT molecular complexity index is 1080. The standard InChI is InChI=1S/C25H29N3O6S/c1-27-19-6-5-17(14-23(29)28-8-10-32-11-9-28)34-21(19)15-33-20-7-4-16(13-18(20)25(27)31)26-24(30)22-3-2-12-35-22/h2-4,7,12-13,17,19,21H,5-6,8-11,14-15H2,1H3,(H,26,30)/t17-,19-,21+/m0/s1. The summed E-state index contributed by atoms with van der Waals surface area (Å²) in [7, 11) is 1.77. The lowest BCUT2D eigenvalue weighted by atomic mass is 9.94. The van der Waals surface area contributed by atoms with Gasteiger partial charge in [-0.2, -0.15) is 0 Å². The summed E-state index contributed by atoms with van der Waals surface area (Å²) >= 11 is 1.36. The van der Waals surface area contributed by atoms with Crippen LogP contribution in [0.25, 0.3) is 0 Å². The van der Waals surface area contributed by atoms with Crippen molar-refractivity contribution in [3.63, 3.8) is 0 Å². The molecule has 1 aromatic heterocycles. The first kappa shape index (κ1) is 23.8. The molecule has 186 valence electrons. The van der Waals surface area contributed by atoms with Crippen molar-refractivity contribution in [1.29, 1.82) is 0 Å². The molecular weight excluding hydrogens is 470 g/mol. The molecule has 0 spiro atoms. The molecule has 2 aromatic rings. The Balaban J connectivity index is 1.27. The Hall–Kier alpha value is -2.95. The third-order valence-corrected chi connectivity index (χ3v) is 7.65. The number of nitrogens with zero attached hydrogens (tertiary/aromatic N) is 2. The van der Waals surface area contributed by atoms with E-state index in [1.807, 2.05) is 16.3 Å². The molecule has 3 atom stereocenters. The Labute approximate surface area is 207 Å². The second kappa shape index (κ2) is 10.3. The van der Waals surface area contributed by atoms with Crippen LogP contribution in [-0.4, -0.2) is 85.7 Å². The van der Waals surface area contributed by atoms with Gasteiger partial charge in [-0.25, -0.2) is 0 Å². The number of carbonyl (C=O) groups excluding carboxylic acids is 3. The van der Waals surface area contributed by atoms with Crippen LogP contribution in [0.2, 0.25) is 0 Å². The van der Waals surface area contributed by atoms with Crippen LogP contribution in [0.15, 0.2) is 35.7 Å². The molecule has 0 bridgehead atoms. The predicted octanol–water partition coefficient (Wildman–Crippen LogP) is 2.63. The molecule has 0 aliphatic carbocycles. The van der Waals surface area contributed by atoms with E-state index in [2.05, 4.69) is 5.32 Å². The van der Waals surface area contributed by atoms with Crippen molar-refractivity contribution >= 4 is 34.7 Å². The number of amides is 3. The zero-order chi connectivity index (χ0) is 24.4. The monoisotopic (exact) mass is 499 g/mol. The average Bonchev–Trinajstić information content (AvgIpc) is 3.42. The van der Waals surface area contributed by atoms with Crippen molar-refractivity contribution in [2.45, 2.75) is 37.5 Å². The third-order valence-electron chi connectivity index (χ3n) is 6.78. The van der Waals surface area contributed by atoms with E-state index in [4.69, 9.17) is 14.2 Å². The maximum absolute atomic E-state index is 13.4. The summed E-state index contributed by atoms with van der Waals surface area (Å²) in [5, 5.41) is 4.69. The molecule has 5 rings (SSSR count). The number of benzene rings is 1. The molecule has 1 N–H and O–H groups in total. The fourth-order valence-electron chi connectivity index (χ4n) is 4.84. The maximum atomic E-state index is 13.4. The van der Waals surface area contributed by atoms with Crippen LogP contribution in [0.4, 0.5) is 5.69 Å².